The first-order chi connectivity index (χ1) is 7.82. The fourth-order valence-corrected chi connectivity index (χ4v) is 1.67. The van der Waals surface area contributed by atoms with E-state index in [0.717, 1.165) is 6.07 Å². The molecular weight excluding hydrogens is 233 g/mol. The average molecular weight is 245 g/mol. The molecule has 0 aliphatic heterocycles. The van der Waals surface area contributed by atoms with Crippen molar-refractivity contribution in [2.45, 2.75) is 31.9 Å². The van der Waals surface area contributed by atoms with Gasteiger partial charge in [-0.1, -0.05) is 25.1 Å². The Hall–Kier alpha value is -1.52. The van der Waals surface area contributed by atoms with Gasteiger partial charge in [-0.05, 0) is 30.4 Å². The summed E-state index contributed by atoms with van der Waals surface area (Å²) in [5, 5.41) is 10.3. The second-order valence-corrected chi connectivity index (χ2v) is 3.90. The van der Waals surface area contributed by atoms with Gasteiger partial charge in [0.15, 0.2) is 0 Å². The summed E-state index contributed by atoms with van der Waals surface area (Å²) in [7, 11) is 0. The maximum atomic E-state index is 12.7. The SMILES string of the molecule is CC(CCC(=O)[O-])c1ccccc1C(F)(F)F. The lowest BCUT2D eigenvalue weighted by molar-refractivity contribution is -0.305. The highest BCUT2D eigenvalue weighted by atomic mass is 19.4. The van der Waals surface area contributed by atoms with Gasteiger partial charge in [-0.3, -0.25) is 0 Å². The Kier molecular flexibility index (Phi) is 4.15. The molecule has 2 nitrogen and oxygen atoms in total. The van der Waals surface area contributed by atoms with E-state index < -0.39 is 23.6 Å². The van der Waals surface area contributed by atoms with Gasteiger partial charge in [0, 0.05) is 5.97 Å². The lowest BCUT2D eigenvalue weighted by Crippen LogP contribution is -2.22. The molecule has 1 unspecified atom stereocenters. The standard InChI is InChI=1S/C12H13F3O2/c1-8(6-7-11(16)17)9-4-2-3-5-10(9)12(13,14)15/h2-5,8H,6-7H2,1H3,(H,16,17)/p-1. The number of hydrogen-bond donors (Lipinski definition) is 0. The monoisotopic (exact) mass is 245 g/mol. The number of rotatable bonds is 4. The maximum Gasteiger partial charge on any atom is 0.416 e. The fraction of sp³-hybridized carbons (Fsp3) is 0.417. The normalized spacial score (nSPS) is 13.4. The van der Waals surface area contributed by atoms with Crippen molar-refractivity contribution < 1.29 is 23.1 Å². The third-order valence-electron chi connectivity index (χ3n) is 2.58. The van der Waals surface area contributed by atoms with E-state index in [1.165, 1.54) is 18.2 Å². The van der Waals surface area contributed by atoms with E-state index in [-0.39, 0.29) is 18.4 Å². The Morgan fingerprint density at radius 3 is 2.47 bits per heavy atom. The molecule has 0 aliphatic carbocycles. The number of alkyl halides is 3. The molecular formula is C12H12F3O2-. The molecule has 1 rings (SSSR count). The van der Waals surface area contributed by atoms with E-state index in [2.05, 4.69) is 0 Å². The quantitative estimate of drug-likeness (QED) is 0.816. The van der Waals surface area contributed by atoms with Crippen LogP contribution in [0, 0.1) is 0 Å². The van der Waals surface area contributed by atoms with E-state index in [9.17, 15) is 23.1 Å². The van der Waals surface area contributed by atoms with Crippen molar-refractivity contribution in [2.24, 2.45) is 0 Å². The first kappa shape index (κ1) is 13.5. The van der Waals surface area contributed by atoms with Crippen LogP contribution < -0.4 is 5.11 Å². The van der Waals surface area contributed by atoms with Crippen molar-refractivity contribution in [3.63, 3.8) is 0 Å². The average Bonchev–Trinajstić information content (AvgIpc) is 2.24. The highest BCUT2D eigenvalue weighted by molar-refractivity contribution is 5.64. The second-order valence-electron chi connectivity index (χ2n) is 3.90. The molecule has 0 bridgehead atoms. The molecule has 0 spiro atoms. The summed E-state index contributed by atoms with van der Waals surface area (Å²) in [6.45, 7) is 1.58. The Labute approximate surface area is 97.1 Å². The van der Waals surface area contributed by atoms with E-state index in [1.807, 2.05) is 0 Å². The molecule has 17 heavy (non-hydrogen) atoms. The van der Waals surface area contributed by atoms with Gasteiger partial charge in [0.1, 0.15) is 0 Å². The van der Waals surface area contributed by atoms with Crippen LogP contribution >= 0.6 is 0 Å². The van der Waals surface area contributed by atoms with Gasteiger partial charge in [-0.2, -0.15) is 13.2 Å². The van der Waals surface area contributed by atoms with Crippen LogP contribution in [0.15, 0.2) is 24.3 Å². The molecule has 0 aliphatic rings. The summed E-state index contributed by atoms with van der Waals surface area (Å²) in [6.07, 6.45) is -4.52. The van der Waals surface area contributed by atoms with Crippen LogP contribution in [0.25, 0.3) is 0 Å². The summed E-state index contributed by atoms with van der Waals surface area (Å²) in [4.78, 5) is 10.3. The minimum Gasteiger partial charge on any atom is -0.550 e. The summed E-state index contributed by atoms with van der Waals surface area (Å²) in [6, 6.07) is 5.21. The number of carbonyl (C=O) groups is 1. The molecule has 0 aromatic heterocycles. The minimum absolute atomic E-state index is 0.126. The third kappa shape index (κ3) is 3.76. The van der Waals surface area contributed by atoms with E-state index in [4.69, 9.17) is 0 Å². The van der Waals surface area contributed by atoms with Gasteiger partial charge < -0.3 is 9.90 Å². The molecule has 0 radical (unpaired) electrons. The molecule has 0 N–H and O–H groups in total. The molecule has 0 saturated carbocycles. The molecule has 0 heterocycles. The number of carboxylic acid groups (broad SMARTS) is 1. The number of aliphatic carboxylic acids is 1. The smallest absolute Gasteiger partial charge is 0.416 e. The number of carbonyl (C=O) groups excluding carboxylic acids is 1. The van der Waals surface area contributed by atoms with Crippen molar-refractivity contribution in [3.8, 4) is 0 Å². The van der Waals surface area contributed by atoms with Crippen molar-refractivity contribution in [1.82, 2.24) is 0 Å². The zero-order chi connectivity index (χ0) is 13.1. The van der Waals surface area contributed by atoms with Crippen LogP contribution in [-0.2, 0) is 11.0 Å². The minimum atomic E-state index is -4.41. The van der Waals surface area contributed by atoms with Gasteiger partial charge in [0.05, 0.1) is 5.56 Å². The predicted molar refractivity (Wildman–Crippen MR) is 54.1 cm³/mol. The Morgan fingerprint density at radius 1 is 1.35 bits per heavy atom. The van der Waals surface area contributed by atoms with Crippen molar-refractivity contribution >= 4 is 5.97 Å². The van der Waals surface area contributed by atoms with Gasteiger partial charge in [0.25, 0.3) is 0 Å². The number of hydrogen-bond acceptors (Lipinski definition) is 2. The molecule has 94 valence electrons. The second kappa shape index (κ2) is 5.21. The van der Waals surface area contributed by atoms with E-state index in [1.54, 1.807) is 6.92 Å². The topological polar surface area (TPSA) is 40.1 Å². The Bertz CT molecular complexity index is 399. The molecule has 0 amide bonds. The fourth-order valence-electron chi connectivity index (χ4n) is 1.67. The number of benzene rings is 1. The van der Waals surface area contributed by atoms with Crippen LogP contribution in [0.1, 0.15) is 36.8 Å². The van der Waals surface area contributed by atoms with Gasteiger partial charge in [0.2, 0.25) is 0 Å². The predicted octanol–water partition coefficient (Wildman–Crippen LogP) is 2.34. The van der Waals surface area contributed by atoms with Crippen LogP contribution in [0.4, 0.5) is 13.2 Å². The first-order valence-corrected chi connectivity index (χ1v) is 5.18. The summed E-state index contributed by atoms with van der Waals surface area (Å²) in [5.41, 5.74) is -0.577. The zero-order valence-electron chi connectivity index (χ0n) is 9.25. The van der Waals surface area contributed by atoms with Crippen LogP contribution in [0.2, 0.25) is 0 Å². The lowest BCUT2D eigenvalue weighted by Gasteiger charge is -2.18. The van der Waals surface area contributed by atoms with E-state index >= 15 is 0 Å². The number of carboxylic acids is 1. The van der Waals surface area contributed by atoms with Gasteiger partial charge in [-0.15, -0.1) is 0 Å². The molecule has 1 aromatic rings. The highest BCUT2D eigenvalue weighted by Crippen LogP contribution is 2.36. The zero-order valence-corrected chi connectivity index (χ0v) is 9.25. The molecule has 0 fully saturated rings. The lowest BCUT2D eigenvalue weighted by atomic mass is 9.92. The Morgan fingerprint density at radius 2 is 1.94 bits per heavy atom. The largest absolute Gasteiger partial charge is 0.550 e. The molecule has 5 heteroatoms. The third-order valence-corrected chi connectivity index (χ3v) is 2.58. The maximum absolute atomic E-state index is 12.7. The highest BCUT2D eigenvalue weighted by Gasteiger charge is 2.33. The van der Waals surface area contributed by atoms with Crippen molar-refractivity contribution in [1.29, 1.82) is 0 Å². The Balaban J connectivity index is 2.93. The molecule has 1 aromatic carbocycles. The summed E-state index contributed by atoms with van der Waals surface area (Å²) in [5.74, 6) is -1.72. The summed E-state index contributed by atoms with van der Waals surface area (Å²) < 4.78 is 38.0. The van der Waals surface area contributed by atoms with E-state index in [0.29, 0.717) is 0 Å². The van der Waals surface area contributed by atoms with Gasteiger partial charge in [-0.25, -0.2) is 0 Å². The molecule has 1 atom stereocenters. The van der Waals surface area contributed by atoms with Crippen molar-refractivity contribution in [2.75, 3.05) is 0 Å². The van der Waals surface area contributed by atoms with Crippen LogP contribution in [0.3, 0.4) is 0 Å². The number of halogens is 3. The summed E-state index contributed by atoms with van der Waals surface area (Å²) >= 11 is 0. The first-order valence-electron chi connectivity index (χ1n) is 5.18. The van der Waals surface area contributed by atoms with Crippen LogP contribution in [-0.4, -0.2) is 5.97 Å². The molecule has 0 saturated heterocycles. The van der Waals surface area contributed by atoms with Crippen LogP contribution in [0.5, 0.6) is 0 Å². The van der Waals surface area contributed by atoms with Gasteiger partial charge >= 0.3 is 6.18 Å². The van der Waals surface area contributed by atoms with Crippen molar-refractivity contribution in [3.05, 3.63) is 35.4 Å².